The maximum absolute atomic E-state index is 12.2. The van der Waals surface area contributed by atoms with Crippen molar-refractivity contribution in [1.29, 1.82) is 0 Å². The predicted molar refractivity (Wildman–Crippen MR) is 198 cm³/mol. The second kappa shape index (κ2) is 18.2. The monoisotopic (exact) mass is 740 g/mol. The zero-order chi connectivity index (χ0) is 37.6. The van der Waals surface area contributed by atoms with Crippen LogP contribution >= 0.6 is 0 Å². The summed E-state index contributed by atoms with van der Waals surface area (Å²) < 4.78 is 86.9. The minimum atomic E-state index is -4.31. The molecule has 4 N–H and O–H groups in total. The van der Waals surface area contributed by atoms with E-state index in [9.17, 15) is 30.0 Å². The van der Waals surface area contributed by atoms with Crippen LogP contribution < -0.4 is 10.0 Å². The van der Waals surface area contributed by atoms with E-state index in [4.69, 9.17) is 9.11 Å². The molecule has 0 fully saturated rings. The second-order valence-corrected chi connectivity index (χ2v) is 15.8. The molecule has 11 nitrogen and oxygen atoms in total. The summed E-state index contributed by atoms with van der Waals surface area (Å²) in [4.78, 5) is 10.6. The van der Waals surface area contributed by atoms with Crippen LogP contribution in [0, 0.1) is 0 Å². The van der Waals surface area contributed by atoms with Crippen molar-refractivity contribution in [2.45, 2.75) is 35.6 Å². The predicted octanol–water partition coefficient (Wildman–Crippen LogP) is 6.25. The first-order chi connectivity index (χ1) is 23.3. The fourth-order valence-corrected chi connectivity index (χ4v) is 6.69. The average Bonchev–Trinajstić information content (AvgIpc) is 3.04. The molecule has 0 aliphatic carbocycles. The van der Waals surface area contributed by atoms with Crippen LogP contribution in [-0.2, 0) is 41.5 Å². The van der Waals surface area contributed by atoms with E-state index in [2.05, 4.69) is 78.3 Å². The molecule has 0 aliphatic heterocycles. The molecule has 0 heterocycles. The molecular formula is C36H40N2O9S3. The lowest BCUT2D eigenvalue weighted by Gasteiger charge is -2.23. The summed E-state index contributed by atoms with van der Waals surface area (Å²) >= 11 is 0. The van der Waals surface area contributed by atoms with Gasteiger partial charge in [-0.2, -0.15) is 16.8 Å². The Kier molecular flexibility index (Phi) is 15.1. The minimum absolute atomic E-state index is 0.0666. The van der Waals surface area contributed by atoms with Crippen molar-refractivity contribution in [2.24, 2.45) is 0 Å². The highest BCUT2D eigenvalue weighted by atomic mass is 32.2. The maximum atomic E-state index is 12.2. The van der Waals surface area contributed by atoms with Crippen LogP contribution in [0.1, 0.15) is 36.1 Å². The van der Waals surface area contributed by atoms with Crippen LogP contribution in [0.2, 0.25) is 0 Å². The normalized spacial score (nSPS) is 11.4. The van der Waals surface area contributed by atoms with Gasteiger partial charge in [-0.25, -0.2) is 8.42 Å². The molecule has 266 valence electrons. The summed E-state index contributed by atoms with van der Waals surface area (Å²) in [6.45, 7) is 13.5. The molecule has 0 aliphatic rings. The van der Waals surface area contributed by atoms with Crippen molar-refractivity contribution in [3.05, 3.63) is 151 Å². The summed E-state index contributed by atoms with van der Waals surface area (Å²) in [7, 11) is -12.2. The van der Waals surface area contributed by atoms with Crippen LogP contribution in [0.5, 0.6) is 0 Å². The molecule has 0 unspecified atom stereocenters. The zero-order valence-electron chi connectivity index (χ0n) is 27.6. The van der Waals surface area contributed by atoms with E-state index in [1.165, 1.54) is 54.8 Å². The average molecular weight is 741 g/mol. The van der Waals surface area contributed by atoms with Gasteiger partial charge in [0.25, 0.3) is 30.3 Å². The molecule has 1 amide bonds. The molecule has 0 radical (unpaired) electrons. The Labute approximate surface area is 294 Å². The Bertz CT molecular complexity index is 2080. The van der Waals surface area contributed by atoms with Gasteiger partial charge in [0, 0.05) is 5.69 Å². The van der Waals surface area contributed by atoms with E-state index < -0.39 is 47.5 Å². The Morgan fingerprint density at radius 2 is 1.14 bits per heavy atom. The van der Waals surface area contributed by atoms with Gasteiger partial charge in [-0.3, -0.25) is 18.6 Å². The van der Waals surface area contributed by atoms with Gasteiger partial charge in [0.05, 0.1) is 21.1 Å². The molecule has 0 aromatic heterocycles. The third-order valence-corrected chi connectivity index (χ3v) is 9.84. The van der Waals surface area contributed by atoms with Crippen LogP contribution in [0.3, 0.4) is 0 Å². The number of amides is 1. The van der Waals surface area contributed by atoms with Crippen LogP contribution in [0.15, 0.2) is 139 Å². The third kappa shape index (κ3) is 15.1. The van der Waals surface area contributed by atoms with Crippen molar-refractivity contribution < 1.29 is 39.2 Å². The van der Waals surface area contributed by atoms with E-state index in [1.807, 2.05) is 12.1 Å². The lowest BCUT2D eigenvalue weighted by molar-refractivity contribution is -0.117. The van der Waals surface area contributed by atoms with E-state index >= 15 is 0 Å². The van der Waals surface area contributed by atoms with Crippen molar-refractivity contribution >= 4 is 54.0 Å². The quantitative estimate of drug-likeness (QED) is 0.0963. The number of sulfonamides is 1. The molecule has 0 saturated heterocycles. The van der Waals surface area contributed by atoms with Gasteiger partial charge in [-0.05, 0) is 85.0 Å². The number of rotatable bonds is 12. The largest absolute Gasteiger partial charge is 0.347 e. The number of nitrogens with one attached hydrogen (secondary N) is 2. The zero-order valence-corrected chi connectivity index (χ0v) is 30.0. The van der Waals surface area contributed by atoms with E-state index in [0.29, 0.717) is 0 Å². The Hall–Kier alpha value is -4.86. The van der Waals surface area contributed by atoms with Gasteiger partial charge < -0.3 is 5.32 Å². The first kappa shape index (κ1) is 41.3. The van der Waals surface area contributed by atoms with E-state index in [-0.39, 0.29) is 15.5 Å². The van der Waals surface area contributed by atoms with Gasteiger partial charge in [-0.1, -0.05) is 98.6 Å². The van der Waals surface area contributed by atoms with Crippen molar-refractivity contribution in [2.75, 3.05) is 10.5 Å². The Morgan fingerprint density at radius 3 is 1.58 bits per heavy atom. The fraction of sp³-hybridized carbons (Fsp3) is 0.139. The highest BCUT2D eigenvalue weighted by Crippen LogP contribution is 2.19. The SMILES string of the molecule is C=CC(=O)NC(C)(C)CS(=O)(=O)O.C=Cc1ccc(Cc2ccccc2)cc1.C=Cc1ccc(S(=O)(=O)Nc2ccc(S(=O)(=O)O)cc2)cc1. The number of hydrogen-bond donors (Lipinski definition) is 4. The second-order valence-electron chi connectivity index (χ2n) is 11.3. The van der Waals surface area contributed by atoms with Crippen molar-refractivity contribution in [1.82, 2.24) is 5.32 Å². The van der Waals surface area contributed by atoms with Gasteiger partial charge >= 0.3 is 0 Å². The molecule has 14 heteroatoms. The minimum Gasteiger partial charge on any atom is -0.347 e. The first-order valence-electron chi connectivity index (χ1n) is 14.7. The third-order valence-electron chi connectivity index (χ3n) is 6.49. The van der Waals surface area contributed by atoms with Gasteiger partial charge in [0.2, 0.25) is 5.91 Å². The number of hydrogen-bond acceptors (Lipinski definition) is 7. The number of benzene rings is 4. The van der Waals surface area contributed by atoms with Gasteiger partial charge in [-0.15, -0.1) is 0 Å². The number of carbonyl (C=O) groups is 1. The number of anilines is 1. The summed E-state index contributed by atoms with van der Waals surface area (Å²) in [5, 5.41) is 2.37. The molecule has 0 bridgehead atoms. The maximum Gasteiger partial charge on any atom is 0.294 e. The first-order valence-corrected chi connectivity index (χ1v) is 19.3. The molecule has 0 saturated carbocycles. The summed E-state index contributed by atoms with van der Waals surface area (Å²) in [6.07, 6.45) is 5.49. The lowest BCUT2D eigenvalue weighted by atomic mass is 10.0. The molecule has 0 atom stereocenters. The topological polar surface area (TPSA) is 184 Å². The van der Waals surface area contributed by atoms with Crippen LogP contribution in [0.4, 0.5) is 5.69 Å². The van der Waals surface area contributed by atoms with Gasteiger partial charge in [0.1, 0.15) is 0 Å². The number of carbonyl (C=O) groups excluding carboxylic acids is 1. The molecular weight excluding hydrogens is 701 g/mol. The Balaban J connectivity index is 0.000000272. The van der Waals surface area contributed by atoms with Crippen molar-refractivity contribution in [3.8, 4) is 0 Å². The smallest absolute Gasteiger partial charge is 0.294 e. The van der Waals surface area contributed by atoms with Crippen LogP contribution in [0.25, 0.3) is 12.2 Å². The van der Waals surface area contributed by atoms with E-state index in [0.717, 1.165) is 30.2 Å². The summed E-state index contributed by atoms with van der Waals surface area (Å²) in [5.41, 5.74) is 3.83. The summed E-state index contributed by atoms with van der Waals surface area (Å²) in [6, 6.07) is 29.8. The molecule has 4 rings (SSSR count). The van der Waals surface area contributed by atoms with E-state index in [1.54, 1.807) is 18.2 Å². The highest BCUT2D eigenvalue weighted by Gasteiger charge is 2.25. The molecule has 0 spiro atoms. The summed E-state index contributed by atoms with van der Waals surface area (Å²) in [5.74, 6) is -1.01. The van der Waals surface area contributed by atoms with Crippen molar-refractivity contribution in [3.63, 3.8) is 0 Å². The molecule has 4 aromatic carbocycles. The van der Waals surface area contributed by atoms with Gasteiger partial charge in [0.15, 0.2) is 0 Å². The molecule has 50 heavy (non-hydrogen) atoms. The highest BCUT2D eigenvalue weighted by molar-refractivity contribution is 7.92. The standard InChI is InChI=1S/C15H14.C14H13NO5S2.C7H13NO4S/c1-2-13-8-10-15(11-9-13)12-14-6-4-3-5-7-14;1-2-11-3-7-13(8-4-11)21(16,17)15-12-5-9-14(10-6-12)22(18,19)20;1-4-6(9)8-7(2,3)5-13(10,11)12/h2-11H,1,12H2;2-10,15H,1H2,(H,18,19,20);4H,1,5H2,2-3H3,(H,8,9)(H,10,11,12). The lowest BCUT2D eigenvalue weighted by Crippen LogP contribution is -2.47. The Morgan fingerprint density at radius 1 is 0.680 bits per heavy atom. The van der Waals surface area contributed by atoms with Crippen LogP contribution in [-0.4, -0.2) is 51.6 Å². The molecule has 4 aromatic rings. The fourth-order valence-electron chi connectivity index (χ4n) is 4.17.